The minimum absolute atomic E-state index is 0.0929. The van der Waals surface area contributed by atoms with Crippen LogP contribution >= 0.6 is 0 Å². The number of ether oxygens (including phenoxy) is 1. The Hall–Kier alpha value is -3.26. The molecule has 0 bridgehead atoms. The van der Waals surface area contributed by atoms with Crippen molar-refractivity contribution < 1.29 is 14.6 Å². The van der Waals surface area contributed by atoms with Gasteiger partial charge < -0.3 is 9.84 Å². The number of aromatic nitrogens is 4. The summed E-state index contributed by atoms with van der Waals surface area (Å²) in [5.74, 6) is -0.308. The van der Waals surface area contributed by atoms with Gasteiger partial charge >= 0.3 is 5.97 Å². The fourth-order valence-electron chi connectivity index (χ4n) is 2.90. The second kappa shape index (κ2) is 9.79. The SMILES string of the molecule is Cn1cc(-n2ccc(=O)c(Cc3cccc(CC(=O)OCCCCO)c3)n2)cn1. The number of aryl methyl sites for hydroxylation is 1. The molecule has 0 fully saturated rings. The summed E-state index contributed by atoms with van der Waals surface area (Å²) in [7, 11) is 1.82. The van der Waals surface area contributed by atoms with E-state index in [0.717, 1.165) is 16.8 Å². The molecule has 29 heavy (non-hydrogen) atoms. The van der Waals surface area contributed by atoms with E-state index in [1.807, 2.05) is 37.5 Å². The van der Waals surface area contributed by atoms with Gasteiger partial charge in [0.15, 0.2) is 0 Å². The van der Waals surface area contributed by atoms with Crippen LogP contribution in [0.4, 0.5) is 0 Å². The van der Waals surface area contributed by atoms with Crippen LogP contribution < -0.4 is 5.43 Å². The fraction of sp³-hybridized carbons (Fsp3) is 0.333. The number of aliphatic hydroxyl groups is 1. The highest BCUT2D eigenvalue weighted by molar-refractivity contribution is 5.72. The molecule has 8 heteroatoms. The molecule has 1 N–H and O–H groups in total. The van der Waals surface area contributed by atoms with Crippen LogP contribution in [0.5, 0.6) is 0 Å². The topological polar surface area (TPSA) is 99.2 Å². The van der Waals surface area contributed by atoms with Crippen LogP contribution in [0.2, 0.25) is 0 Å². The lowest BCUT2D eigenvalue weighted by Crippen LogP contribution is -2.16. The van der Waals surface area contributed by atoms with Crippen molar-refractivity contribution in [2.24, 2.45) is 7.05 Å². The molecule has 0 amide bonds. The molecule has 2 aromatic heterocycles. The van der Waals surface area contributed by atoms with Crippen LogP contribution in [-0.2, 0) is 29.4 Å². The molecule has 3 aromatic rings. The Morgan fingerprint density at radius 2 is 2.03 bits per heavy atom. The number of nitrogens with zero attached hydrogens (tertiary/aromatic N) is 4. The van der Waals surface area contributed by atoms with Gasteiger partial charge in [0, 0.05) is 32.3 Å². The van der Waals surface area contributed by atoms with E-state index in [1.165, 1.54) is 6.07 Å². The van der Waals surface area contributed by atoms with E-state index in [4.69, 9.17) is 9.84 Å². The summed E-state index contributed by atoms with van der Waals surface area (Å²) < 4.78 is 8.46. The molecule has 0 saturated carbocycles. The molecule has 0 unspecified atom stereocenters. The monoisotopic (exact) mass is 396 g/mol. The molecule has 0 atom stereocenters. The Morgan fingerprint density at radius 3 is 2.79 bits per heavy atom. The van der Waals surface area contributed by atoms with Crippen molar-refractivity contribution in [2.75, 3.05) is 13.2 Å². The Labute approximate surface area is 168 Å². The summed E-state index contributed by atoms with van der Waals surface area (Å²) in [6.07, 6.45) is 6.89. The van der Waals surface area contributed by atoms with Gasteiger partial charge in [-0.2, -0.15) is 10.2 Å². The third-order valence-electron chi connectivity index (χ3n) is 4.36. The van der Waals surface area contributed by atoms with Gasteiger partial charge in [-0.1, -0.05) is 24.3 Å². The molecular formula is C21H24N4O4. The number of benzene rings is 1. The first kappa shape index (κ1) is 20.5. The molecule has 2 heterocycles. The molecule has 0 saturated heterocycles. The minimum atomic E-state index is -0.308. The average Bonchev–Trinajstić information content (AvgIpc) is 3.14. The highest BCUT2D eigenvalue weighted by atomic mass is 16.5. The first-order chi connectivity index (χ1) is 14.0. The van der Waals surface area contributed by atoms with Crippen molar-refractivity contribution in [3.63, 3.8) is 0 Å². The number of aliphatic hydroxyl groups excluding tert-OH is 1. The zero-order chi connectivity index (χ0) is 20.6. The number of rotatable bonds is 9. The van der Waals surface area contributed by atoms with Gasteiger partial charge in [0.1, 0.15) is 11.4 Å². The minimum Gasteiger partial charge on any atom is -0.465 e. The molecule has 0 spiro atoms. The summed E-state index contributed by atoms with van der Waals surface area (Å²) in [5, 5.41) is 17.3. The van der Waals surface area contributed by atoms with Crippen molar-refractivity contribution in [3.05, 3.63) is 76.0 Å². The largest absolute Gasteiger partial charge is 0.465 e. The maximum absolute atomic E-state index is 12.3. The van der Waals surface area contributed by atoms with E-state index < -0.39 is 0 Å². The maximum atomic E-state index is 12.3. The highest BCUT2D eigenvalue weighted by Gasteiger charge is 2.09. The summed E-state index contributed by atoms with van der Waals surface area (Å²) in [4.78, 5) is 24.2. The normalized spacial score (nSPS) is 10.8. The summed E-state index contributed by atoms with van der Waals surface area (Å²) >= 11 is 0. The highest BCUT2D eigenvalue weighted by Crippen LogP contribution is 2.11. The Bertz CT molecular complexity index is 1030. The smallest absolute Gasteiger partial charge is 0.310 e. The maximum Gasteiger partial charge on any atom is 0.310 e. The van der Waals surface area contributed by atoms with E-state index in [9.17, 15) is 9.59 Å². The predicted molar refractivity (Wildman–Crippen MR) is 107 cm³/mol. The average molecular weight is 396 g/mol. The summed E-state index contributed by atoms with van der Waals surface area (Å²) in [6, 6.07) is 8.98. The van der Waals surface area contributed by atoms with Crippen LogP contribution in [0.3, 0.4) is 0 Å². The molecule has 0 aliphatic heterocycles. The van der Waals surface area contributed by atoms with Crippen molar-refractivity contribution in [2.45, 2.75) is 25.7 Å². The van der Waals surface area contributed by atoms with Crippen LogP contribution in [0.15, 0.2) is 53.7 Å². The quantitative estimate of drug-likeness (QED) is 0.434. The second-order valence-corrected chi connectivity index (χ2v) is 6.77. The molecule has 152 valence electrons. The lowest BCUT2D eigenvalue weighted by Gasteiger charge is -2.08. The zero-order valence-electron chi connectivity index (χ0n) is 16.3. The molecule has 0 radical (unpaired) electrons. The Morgan fingerprint density at radius 1 is 1.21 bits per heavy atom. The zero-order valence-corrected chi connectivity index (χ0v) is 16.3. The third kappa shape index (κ3) is 5.86. The fourth-order valence-corrected chi connectivity index (χ4v) is 2.90. The van der Waals surface area contributed by atoms with E-state index in [-0.39, 0.29) is 24.4 Å². The molecule has 0 aliphatic rings. The Kier molecular flexibility index (Phi) is 6.91. The first-order valence-electron chi connectivity index (χ1n) is 9.47. The Balaban J connectivity index is 1.68. The van der Waals surface area contributed by atoms with Gasteiger partial charge in [0.25, 0.3) is 0 Å². The van der Waals surface area contributed by atoms with Crippen molar-refractivity contribution in [1.82, 2.24) is 19.6 Å². The molecule has 1 aromatic carbocycles. The number of carbonyl (C=O) groups excluding carboxylic acids is 1. The van der Waals surface area contributed by atoms with Crippen LogP contribution in [0.25, 0.3) is 5.69 Å². The molecule has 0 aliphatic carbocycles. The second-order valence-electron chi connectivity index (χ2n) is 6.77. The van der Waals surface area contributed by atoms with Crippen LogP contribution in [-0.4, -0.2) is 43.9 Å². The third-order valence-corrected chi connectivity index (χ3v) is 4.36. The van der Waals surface area contributed by atoms with E-state index in [0.29, 0.717) is 31.6 Å². The van der Waals surface area contributed by atoms with Crippen molar-refractivity contribution in [3.8, 4) is 5.69 Å². The standard InChI is InChI=1S/C21H24N4O4/c1-24-15-18(14-22-24)25-8-7-20(27)19(23-25)12-16-5-4-6-17(11-16)13-21(28)29-10-3-2-9-26/h4-8,11,14-15,26H,2-3,9-10,12-13H2,1H3. The first-order valence-corrected chi connectivity index (χ1v) is 9.47. The van der Waals surface area contributed by atoms with Crippen LogP contribution in [0, 0.1) is 0 Å². The van der Waals surface area contributed by atoms with Gasteiger partial charge in [-0.15, -0.1) is 0 Å². The molecule has 8 nitrogen and oxygen atoms in total. The summed E-state index contributed by atoms with van der Waals surface area (Å²) in [5.41, 5.74) is 2.76. The van der Waals surface area contributed by atoms with Gasteiger partial charge in [-0.05, 0) is 24.0 Å². The number of esters is 1. The number of carbonyl (C=O) groups is 1. The summed E-state index contributed by atoms with van der Waals surface area (Å²) in [6.45, 7) is 0.399. The van der Waals surface area contributed by atoms with Gasteiger partial charge in [0.2, 0.25) is 5.43 Å². The van der Waals surface area contributed by atoms with Gasteiger partial charge in [-0.3, -0.25) is 14.3 Å². The lowest BCUT2D eigenvalue weighted by atomic mass is 10.0. The number of unbranched alkanes of at least 4 members (excludes halogenated alkanes) is 1. The van der Waals surface area contributed by atoms with Crippen molar-refractivity contribution in [1.29, 1.82) is 0 Å². The molecular weight excluding hydrogens is 372 g/mol. The van der Waals surface area contributed by atoms with Gasteiger partial charge in [-0.25, -0.2) is 4.68 Å². The molecule has 3 rings (SSSR count). The van der Waals surface area contributed by atoms with E-state index in [2.05, 4.69) is 10.2 Å². The van der Waals surface area contributed by atoms with Gasteiger partial charge in [0.05, 0.1) is 25.4 Å². The van der Waals surface area contributed by atoms with E-state index >= 15 is 0 Å². The van der Waals surface area contributed by atoms with Crippen molar-refractivity contribution >= 4 is 5.97 Å². The van der Waals surface area contributed by atoms with E-state index in [1.54, 1.807) is 21.8 Å². The number of hydrogen-bond donors (Lipinski definition) is 1. The van der Waals surface area contributed by atoms with Crippen LogP contribution in [0.1, 0.15) is 29.7 Å². The lowest BCUT2D eigenvalue weighted by molar-refractivity contribution is -0.143. The predicted octanol–water partition coefficient (Wildman–Crippen LogP) is 1.41. The number of hydrogen-bond acceptors (Lipinski definition) is 6.